The summed E-state index contributed by atoms with van der Waals surface area (Å²) in [5.74, 6) is 3.51. The van der Waals surface area contributed by atoms with Crippen molar-refractivity contribution in [2.24, 2.45) is 23.2 Å². The number of hydrogen-bond donors (Lipinski definition) is 1. The van der Waals surface area contributed by atoms with Crippen molar-refractivity contribution in [3.63, 3.8) is 0 Å². The smallest absolute Gasteiger partial charge is 0.206 e. The maximum atomic E-state index is 13.1. The van der Waals surface area contributed by atoms with Crippen LogP contribution in [-0.2, 0) is 9.53 Å². The highest BCUT2D eigenvalue weighted by atomic mass is 32.2. The van der Waals surface area contributed by atoms with Crippen LogP contribution in [0, 0.1) is 23.2 Å². The van der Waals surface area contributed by atoms with Crippen molar-refractivity contribution >= 4 is 34.0 Å². The predicted molar refractivity (Wildman–Crippen MR) is 104 cm³/mol. The molecule has 1 aliphatic heterocycles. The molecule has 1 N–H and O–H groups in total. The summed E-state index contributed by atoms with van der Waals surface area (Å²) in [6.07, 6.45) is 10.2. The van der Waals surface area contributed by atoms with Gasteiger partial charge in [-0.2, -0.15) is 0 Å². The molecule has 142 valence electrons. The molecule has 1 aromatic heterocycles. The molecule has 4 aliphatic carbocycles. The molecule has 6 rings (SSSR count). The first-order valence-corrected chi connectivity index (χ1v) is 11.8. The Labute approximate surface area is 163 Å². The summed E-state index contributed by atoms with van der Waals surface area (Å²) in [5, 5.41) is 12.6. The largest absolute Gasteiger partial charge is 0.376 e. The Hall–Kier alpha value is -0.660. The summed E-state index contributed by atoms with van der Waals surface area (Å²) in [4.78, 5) is 13.1. The van der Waals surface area contributed by atoms with Crippen LogP contribution in [0.2, 0.25) is 0 Å². The lowest BCUT2D eigenvalue weighted by Gasteiger charge is -2.56. The van der Waals surface area contributed by atoms with Crippen molar-refractivity contribution in [1.29, 1.82) is 0 Å². The fraction of sp³-hybridized carbons (Fsp3) is 0.842. The molecule has 0 radical (unpaired) electrons. The predicted octanol–water partition coefficient (Wildman–Crippen LogP) is 4.01. The third kappa shape index (κ3) is 3.42. The van der Waals surface area contributed by atoms with Gasteiger partial charge in [0.1, 0.15) is 5.78 Å². The minimum absolute atomic E-state index is 0.00727. The number of aromatic nitrogens is 2. The topological polar surface area (TPSA) is 64.1 Å². The molecule has 7 heteroatoms. The zero-order valence-electron chi connectivity index (χ0n) is 15.1. The van der Waals surface area contributed by atoms with Gasteiger partial charge in [-0.1, -0.05) is 23.1 Å². The number of ketones is 1. The van der Waals surface area contributed by atoms with Crippen molar-refractivity contribution in [3.8, 4) is 0 Å². The van der Waals surface area contributed by atoms with E-state index in [1.54, 1.807) is 23.1 Å². The molecule has 0 aromatic carbocycles. The van der Waals surface area contributed by atoms with E-state index >= 15 is 0 Å². The number of Topliss-reactive ketones (excluding diaryl/α,β-unsaturated/α-hetero) is 1. The lowest BCUT2D eigenvalue weighted by Crippen LogP contribution is -2.50. The Morgan fingerprint density at radius 3 is 2.58 bits per heavy atom. The van der Waals surface area contributed by atoms with E-state index in [9.17, 15) is 4.79 Å². The molecule has 5 nitrogen and oxygen atoms in total. The van der Waals surface area contributed by atoms with E-state index in [1.165, 1.54) is 19.3 Å². The van der Waals surface area contributed by atoms with Gasteiger partial charge >= 0.3 is 0 Å². The summed E-state index contributed by atoms with van der Waals surface area (Å²) in [7, 11) is 0. The third-order valence-electron chi connectivity index (χ3n) is 6.87. The molecule has 26 heavy (non-hydrogen) atoms. The minimum Gasteiger partial charge on any atom is -0.376 e. The lowest BCUT2D eigenvalue weighted by atomic mass is 9.48. The van der Waals surface area contributed by atoms with Crippen LogP contribution in [0.1, 0.15) is 51.4 Å². The molecule has 0 spiro atoms. The molecule has 4 saturated carbocycles. The highest BCUT2D eigenvalue weighted by Gasteiger charge is 2.54. The average molecular weight is 394 g/mol. The number of rotatable bonds is 7. The van der Waals surface area contributed by atoms with Crippen LogP contribution in [0.15, 0.2) is 4.34 Å². The molecular formula is C19H27N3O2S2. The van der Waals surface area contributed by atoms with Crippen LogP contribution in [0.4, 0.5) is 5.13 Å². The zero-order valence-corrected chi connectivity index (χ0v) is 16.7. The van der Waals surface area contributed by atoms with Gasteiger partial charge in [-0.3, -0.25) is 4.79 Å². The summed E-state index contributed by atoms with van der Waals surface area (Å²) in [5.41, 5.74) is 0.00727. The van der Waals surface area contributed by atoms with Crippen molar-refractivity contribution in [3.05, 3.63) is 0 Å². The van der Waals surface area contributed by atoms with Gasteiger partial charge in [-0.05, 0) is 69.1 Å². The molecular weight excluding hydrogens is 366 g/mol. The van der Waals surface area contributed by atoms with Crippen molar-refractivity contribution in [1.82, 2.24) is 10.2 Å². The van der Waals surface area contributed by atoms with Crippen molar-refractivity contribution in [2.75, 3.05) is 24.2 Å². The third-order valence-corrected chi connectivity index (χ3v) is 8.88. The Bertz CT molecular complexity index is 636. The lowest BCUT2D eigenvalue weighted by molar-refractivity contribution is -0.141. The van der Waals surface area contributed by atoms with E-state index in [-0.39, 0.29) is 5.41 Å². The normalized spacial score (nSPS) is 38.0. The Morgan fingerprint density at radius 1 is 1.19 bits per heavy atom. The van der Waals surface area contributed by atoms with Gasteiger partial charge in [0, 0.05) is 18.6 Å². The maximum Gasteiger partial charge on any atom is 0.206 e. The van der Waals surface area contributed by atoms with Crippen LogP contribution in [0.3, 0.4) is 0 Å². The average Bonchev–Trinajstić information content (AvgIpc) is 3.28. The number of anilines is 1. The SMILES string of the molecule is O=C(CSc1nnc(NCC2CCCO2)s1)C12CC3CC(CC(C3)C1)C2. The first kappa shape index (κ1) is 17.4. The fourth-order valence-electron chi connectivity index (χ4n) is 6.08. The van der Waals surface area contributed by atoms with E-state index in [4.69, 9.17) is 4.74 Å². The van der Waals surface area contributed by atoms with Gasteiger partial charge in [0.2, 0.25) is 5.13 Å². The monoisotopic (exact) mass is 393 g/mol. The van der Waals surface area contributed by atoms with Gasteiger partial charge in [-0.25, -0.2) is 0 Å². The van der Waals surface area contributed by atoms with E-state index in [0.717, 1.165) is 72.5 Å². The molecule has 0 amide bonds. The summed E-state index contributed by atoms with van der Waals surface area (Å²) in [6.45, 7) is 1.67. The second-order valence-corrected chi connectivity index (χ2v) is 11.0. The molecule has 4 bridgehead atoms. The first-order chi connectivity index (χ1) is 12.7. The van der Waals surface area contributed by atoms with E-state index in [0.29, 0.717) is 17.6 Å². The van der Waals surface area contributed by atoms with Crippen LogP contribution < -0.4 is 5.32 Å². The highest BCUT2D eigenvalue weighted by Crippen LogP contribution is 2.60. The number of thioether (sulfide) groups is 1. The molecule has 1 saturated heterocycles. The highest BCUT2D eigenvalue weighted by molar-refractivity contribution is 8.01. The van der Waals surface area contributed by atoms with Crippen LogP contribution in [0.25, 0.3) is 0 Å². The Kier molecular flexibility index (Phi) is 4.73. The Morgan fingerprint density at radius 2 is 1.92 bits per heavy atom. The second-order valence-electron chi connectivity index (χ2n) is 8.80. The molecule has 5 fully saturated rings. The van der Waals surface area contributed by atoms with Crippen molar-refractivity contribution in [2.45, 2.75) is 61.8 Å². The number of carbonyl (C=O) groups excluding carboxylic acids is 1. The van der Waals surface area contributed by atoms with Gasteiger partial charge < -0.3 is 10.1 Å². The molecule has 1 aromatic rings. The second kappa shape index (κ2) is 7.06. The van der Waals surface area contributed by atoms with E-state index < -0.39 is 0 Å². The summed E-state index contributed by atoms with van der Waals surface area (Å²) >= 11 is 3.14. The summed E-state index contributed by atoms with van der Waals surface area (Å²) in [6, 6.07) is 0. The van der Waals surface area contributed by atoms with Crippen LogP contribution in [-0.4, -0.2) is 41.0 Å². The van der Waals surface area contributed by atoms with Gasteiger partial charge in [0.15, 0.2) is 4.34 Å². The molecule has 1 unspecified atom stereocenters. The first-order valence-electron chi connectivity index (χ1n) is 10.0. The maximum absolute atomic E-state index is 13.1. The van der Waals surface area contributed by atoms with E-state index in [2.05, 4.69) is 15.5 Å². The number of carbonyl (C=O) groups is 1. The minimum atomic E-state index is 0.00727. The van der Waals surface area contributed by atoms with E-state index in [1.807, 2.05) is 0 Å². The number of nitrogens with zero attached hydrogens (tertiary/aromatic N) is 2. The molecule has 2 heterocycles. The van der Waals surface area contributed by atoms with Gasteiger partial charge in [0.05, 0.1) is 11.9 Å². The molecule has 1 atom stereocenters. The van der Waals surface area contributed by atoms with Crippen LogP contribution >= 0.6 is 23.1 Å². The van der Waals surface area contributed by atoms with Crippen molar-refractivity contribution < 1.29 is 9.53 Å². The number of ether oxygens (including phenoxy) is 1. The van der Waals surface area contributed by atoms with Crippen LogP contribution in [0.5, 0.6) is 0 Å². The quantitative estimate of drug-likeness (QED) is 0.706. The fourth-order valence-corrected chi connectivity index (χ4v) is 7.87. The Balaban J connectivity index is 1.15. The standard InChI is InChI=1S/C19H27N3O2S2/c23-16(19-7-12-4-13(8-19)6-14(5-12)9-19)11-25-18-22-21-17(26-18)20-10-15-2-1-3-24-15/h12-15H,1-11H2,(H,20,21). The van der Waals surface area contributed by atoms with Gasteiger partial charge in [0.25, 0.3) is 0 Å². The zero-order chi connectivity index (χ0) is 17.6. The summed E-state index contributed by atoms with van der Waals surface area (Å²) < 4.78 is 6.52. The van der Waals surface area contributed by atoms with Gasteiger partial charge in [-0.15, -0.1) is 10.2 Å². The number of hydrogen-bond acceptors (Lipinski definition) is 7. The number of nitrogens with one attached hydrogen (secondary N) is 1. The molecule has 5 aliphatic rings.